The lowest BCUT2D eigenvalue weighted by molar-refractivity contribution is 0.102. The molecule has 0 atom stereocenters. The maximum atomic E-state index is 11.3. The number of anilines is 1. The van der Waals surface area contributed by atoms with E-state index < -0.39 is 0 Å². The van der Waals surface area contributed by atoms with Crippen molar-refractivity contribution < 1.29 is 4.79 Å². The van der Waals surface area contributed by atoms with Crippen LogP contribution >= 0.6 is 11.3 Å². The van der Waals surface area contributed by atoms with Gasteiger partial charge in [-0.05, 0) is 12.8 Å². The van der Waals surface area contributed by atoms with E-state index in [2.05, 4.69) is 14.8 Å². The highest BCUT2D eigenvalue weighted by Crippen LogP contribution is 2.27. The summed E-state index contributed by atoms with van der Waals surface area (Å²) in [6, 6.07) is 0.825. The number of aromatic nitrogens is 1. The highest BCUT2D eigenvalue weighted by molar-refractivity contribution is 7.17. The van der Waals surface area contributed by atoms with Crippen molar-refractivity contribution in [3.8, 4) is 0 Å². The lowest BCUT2D eigenvalue weighted by Gasteiger charge is -2.37. The van der Waals surface area contributed by atoms with Gasteiger partial charge in [0.25, 0.3) is 0 Å². The van der Waals surface area contributed by atoms with Crippen molar-refractivity contribution in [2.75, 3.05) is 31.1 Å². The first kappa shape index (κ1) is 13.1. The van der Waals surface area contributed by atoms with Crippen molar-refractivity contribution in [1.82, 2.24) is 9.88 Å². The van der Waals surface area contributed by atoms with Gasteiger partial charge in [0.05, 0.1) is 11.1 Å². The molecule has 3 rings (SSSR count). The van der Waals surface area contributed by atoms with Gasteiger partial charge >= 0.3 is 0 Å². The molecule has 0 radical (unpaired) electrons. The predicted octanol–water partition coefficient (Wildman–Crippen LogP) is 2.41. The Kier molecular flexibility index (Phi) is 3.84. The average Bonchev–Trinajstić information content (AvgIpc) is 3.11. The van der Waals surface area contributed by atoms with Gasteiger partial charge in [0.1, 0.15) is 0 Å². The number of carbonyl (C=O) groups excluding carboxylic acids is 1. The minimum absolute atomic E-state index is 0.119. The molecule has 1 aromatic rings. The molecule has 104 valence electrons. The quantitative estimate of drug-likeness (QED) is 0.796. The molecule has 0 amide bonds. The Labute approximate surface area is 118 Å². The molecular formula is C14H21N3OS. The highest BCUT2D eigenvalue weighted by atomic mass is 32.1. The Morgan fingerprint density at radius 1 is 1.26 bits per heavy atom. The van der Waals surface area contributed by atoms with Crippen LogP contribution in [0.25, 0.3) is 0 Å². The summed E-state index contributed by atoms with van der Waals surface area (Å²) in [6.45, 7) is 5.97. The van der Waals surface area contributed by atoms with E-state index in [1.165, 1.54) is 37.0 Å². The molecule has 0 spiro atoms. The van der Waals surface area contributed by atoms with Crippen LogP contribution in [-0.4, -0.2) is 47.9 Å². The fourth-order valence-electron chi connectivity index (χ4n) is 3.12. The molecule has 5 heteroatoms. The van der Waals surface area contributed by atoms with Crippen molar-refractivity contribution in [3.63, 3.8) is 0 Å². The topological polar surface area (TPSA) is 36.4 Å². The van der Waals surface area contributed by atoms with Crippen LogP contribution in [0.3, 0.4) is 0 Å². The highest BCUT2D eigenvalue weighted by Gasteiger charge is 2.27. The van der Waals surface area contributed by atoms with Crippen LogP contribution in [0, 0.1) is 0 Å². The second kappa shape index (κ2) is 5.59. The Morgan fingerprint density at radius 3 is 2.53 bits per heavy atom. The maximum Gasteiger partial charge on any atom is 0.186 e. The van der Waals surface area contributed by atoms with Gasteiger partial charge in [0, 0.05) is 39.1 Å². The molecule has 0 N–H and O–H groups in total. The first-order valence-electron chi connectivity index (χ1n) is 7.20. The average molecular weight is 279 g/mol. The Hall–Kier alpha value is -0.940. The minimum atomic E-state index is 0.119. The lowest BCUT2D eigenvalue weighted by atomic mass is 10.2. The number of hydrogen-bond acceptors (Lipinski definition) is 5. The van der Waals surface area contributed by atoms with Crippen LogP contribution in [0.4, 0.5) is 5.13 Å². The standard InChI is InChI=1S/C14H21N3OS/c1-11(18)13-10-15-14(19-13)17-8-6-16(7-9-17)12-4-2-3-5-12/h10,12H,2-9H2,1H3. The Bertz CT molecular complexity index is 445. The summed E-state index contributed by atoms with van der Waals surface area (Å²) < 4.78 is 0. The summed E-state index contributed by atoms with van der Waals surface area (Å²) in [5, 5.41) is 1.01. The van der Waals surface area contributed by atoms with E-state index in [4.69, 9.17) is 0 Å². The van der Waals surface area contributed by atoms with E-state index >= 15 is 0 Å². The van der Waals surface area contributed by atoms with Crippen LogP contribution < -0.4 is 4.90 Å². The third-order valence-corrected chi connectivity index (χ3v) is 5.43. The predicted molar refractivity (Wildman–Crippen MR) is 78.2 cm³/mol. The van der Waals surface area contributed by atoms with Gasteiger partial charge in [-0.3, -0.25) is 9.69 Å². The summed E-state index contributed by atoms with van der Waals surface area (Å²) in [6.07, 6.45) is 7.28. The van der Waals surface area contributed by atoms with Crippen molar-refractivity contribution in [2.24, 2.45) is 0 Å². The van der Waals surface area contributed by atoms with Crippen molar-refractivity contribution in [1.29, 1.82) is 0 Å². The Morgan fingerprint density at radius 2 is 1.95 bits per heavy atom. The first-order valence-corrected chi connectivity index (χ1v) is 8.01. The molecule has 19 heavy (non-hydrogen) atoms. The summed E-state index contributed by atoms with van der Waals surface area (Å²) >= 11 is 1.53. The number of nitrogens with zero attached hydrogens (tertiary/aromatic N) is 3. The van der Waals surface area contributed by atoms with E-state index in [9.17, 15) is 4.79 Å². The maximum absolute atomic E-state index is 11.3. The van der Waals surface area contributed by atoms with Gasteiger partial charge in [-0.15, -0.1) is 0 Å². The van der Waals surface area contributed by atoms with E-state index in [1.54, 1.807) is 13.1 Å². The van der Waals surface area contributed by atoms with Crippen molar-refractivity contribution in [3.05, 3.63) is 11.1 Å². The van der Waals surface area contributed by atoms with E-state index in [1.807, 2.05) is 0 Å². The number of hydrogen-bond donors (Lipinski definition) is 0. The normalized spacial score (nSPS) is 22.1. The molecule has 4 nitrogen and oxygen atoms in total. The van der Waals surface area contributed by atoms with Crippen LogP contribution in [0.1, 0.15) is 42.3 Å². The lowest BCUT2D eigenvalue weighted by Crippen LogP contribution is -2.49. The van der Waals surface area contributed by atoms with Crippen LogP contribution in [0.5, 0.6) is 0 Å². The number of piperazine rings is 1. The third-order valence-electron chi connectivity index (χ3n) is 4.27. The first-order chi connectivity index (χ1) is 9.24. The Balaban J connectivity index is 1.58. The third kappa shape index (κ3) is 2.82. The molecule has 0 unspecified atom stereocenters. The number of carbonyl (C=O) groups is 1. The number of rotatable bonds is 3. The fourth-order valence-corrected chi connectivity index (χ4v) is 3.98. The van der Waals surface area contributed by atoms with E-state index in [0.29, 0.717) is 0 Å². The van der Waals surface area contributed by atoms with Crippen LogP contribution in [0.2, 0.25) is 0 Å². The summed E-state index contributed by atoms with van der Waals surface area (Å²) in [5.41, 5.74) is 0. The number of thiazole rings is 1. The van der Waals surface area contributed by atoms with Gasteiger partial charge in [-0.25, -0.2) is 4.98 Å². The van der Waals surface area contributed by atoms with Crippen molar-refractivity contribution in [2.45, 2.75) is 38.6 Å². The van der Waals surface area contributed by atoms with Gasteiger partial charge in [-0.1, -0.05) is 24.2 Å². The molecule has 1 aliphatic heterocycles. The minimum Gasteiger partial charge on any atom is -0.346 e. The molecule has 2 heterocycles. The molecule has 1 aromatic heterocycles. The largest absolute Gasteiger partial charge is 0.346 e. The smallest absolute Gasteiger partial charge is 0.186 e. The second-order valence-corrected chi connectivity index (χ2v) is 6.53. The van der Waals surface area contributed by atoms with Crippen LogP contribution in [-0.2, 0) is 0 Å². The zero-order chi connectivity index (χ0) is 13.2. The second-order valence-electron chi connectivity index (χ2n) is 5.52. The van der Waals surface area contributed by atoms with E-state index in [0.717, 1.165) is 42.2 Å². The SMILES string of the molecule is CC(=O)c1cnc(N2CCN(C3CCCC3)CC2)s1. The molecule has 0 bridgehead atoms. The van der Waals surface area contributed by atoms with Gasteiger partial charge in [0.2, 0.25) is 0 Å². The summed E-state index contributed by atoms with van der Waals surface area (Å²) in [7, 11) is 0. The summed E-state index contributed by atoms with van der Waals surface area (Å²) in [5.74, 6) is 0.119. The van der Waals surface area contributed by atoms with Gasteiger partial charge in [0.15, 0.2) is 10.9 Å². The molecule has 2 fully saturated rings. The fraction of sp³-hybridized carbons (Fsp3) is 0.714. The molecule has 2 aliphatic rings. The monoisotopic (exact) mass is 279 g/mol. The number of Topliss-reactive ketones (excluding diaryl/α,β-unsaturated/α-hetero) is 1. The molecule has 1 saturated carbocycles. The molecular weight excluding hydrogens is 258 g/mol. The van der Waals surface area contributed by atoms with Crippen LogP contribution in [0.15, 0.2) is 6.20 Å². The van der Waals surface area contributed by atoms with E-state index in [-0.39, 0.29) is 5.78 Å². The zero-order valence-electron chi connectivity index (χ0n) is 11.5. The molecule has 0 aromatic carbocycles. The summed E-state index contributed by atoms with van der Waals surface area (Å²) in [4.78, 5) is 21.4. The zero-order valence-corrected chi connectivity index (χ0v) is 12.3. The number of ketones is 1. The molecule has 1 aliphatic carbocycles. The van der Waals surface area contributed by atoms with Gasteiger partial charge in [-0.2, -0.15) is 0 Å². The van der Waals surface area contributed by atoms with Crippen molar-refractivity contribution >= 4 is 22.3 Å². The molecule has 1 saturated heterocycles. The van der Waals surface area contributed by atoms with Gasteiger partial charge < -0.3 is 4.90 Å².